The molecule has 0 aliphatic rings. The van der Waals surface area contributed by atoms with Gasteiger partial charge in [0.25, 0.3) is 0 Å². The molecule has 0 N–H and O–H groups in total. The van der Waals surface area contributed by atoms with Crippen molar-refractivity contribution in [1.82, 2.24) is 0 Å². The van der Waals surface area contributed by atoms with Gasteiger partial charge in [0.15, 0.2) is 0 Å². The van der Waals surface area contributed by atoms with Crippen LogP contribution in [0.4, 0.5) is 0 Å². The minimum atomic E-state index is -3.47. The fourth-order valence-corrected chi connectivity index (χ4v) is 6.94. The zero-order chi connectivity index (χ0) is 27.8. The van der Waals surface area contributed by atoms with E-state index >= 15 is 0 Å². The third kappa shape index (κ3) is 7.05. The van der Waals surface area contributed by atoms with Gasteiger partial charge in [-0.1, -0.05) is 63.1 Å². The van der Waals surface area contributed by atoms with Crippen LogP contribution in [0.3, 0.4) is 0 Å². The van der Waals surface area contributed by atoms with Crippen LogP contribution >= 0.6 is 0 Å². The molecule has 38 heavy (non-hydrogen) atoms. The molecule has 0 aliphatic heterocycles. The Labute approximate surface area is 226 Å². The maximum absolute atomic E-state index is 12.5. The molecule has 0 aliphatic carbocycles. The van der Waals surface area contributed by atoms with Crippen molar-refractivity contribution >= 4 is 19.7 Å². The van der Waals surface area contributed by atoms with E-state index in [1.165, 1.54) is 0 Å². The molecule has 4 rings (SSSR count). The maximum Gasteiger partial charge on any atom is 0.210 e. The van der Waals surface area contributed by atoms with E-state index < -0.39 is 19.7 Å². The molecule has 0 saturated carbocycles. The number of hydrogen-bond acceptors (Lipinski definition) is 6. The van der Waals surface area contributed by atoms with E-state index in [1.54, 1.807) is 86.6 Å². The molecule has 0 atom stereocenters. The highest BCUT2D eigenvalue weighted by Gasteiger charge is 2.24. The number of rotatable bonds is 10. The summed E-state index contributed by atoms with van der Waals surface area (Å²) in [6.07, 6.45) is 5.67. The van der Waals surface area contributed by atoms with Gasteiger partial charge in [-0.05, 0) is 63.1 Å². The Morgan fingerprint density at radius 1 is 0.579 bits per heavy atom. The SMILES string of the molecule is CCCCc1cc(S(=O)(=O)c2ccccc2)c(C)o1.CCCCc1cc(S(=O)(=O)c2ccccc2)c(C)o1. The van der Waals surface area contributed by atoms with Gasteiger partial charge in [0, 0.05) is 12.8 Å². The maximum atomic E-state index is 12.5. The molecule has 0 spiro atoms. The molecule has 8 heteroatoms. The number of sulfone groups is 2. The lowest BCUT2D eigenvalue weighted by molar-refractivity contribution is 0.469. The molecule has 0 saturated heterocycles. The first kappa shape index (κ1) is 29.5. The van der Waals surface area contributed by atoms with Crippen LogP contribution < -0.4 is 0 Å². The van der Waals surface area contributed by atoms with Gasteiger partial charge in [0.05, 0.1) is 9.79 Å². The topological polar surface area (TPSA) is 94.6 Å². The molecule has 0 bridgehead atoms. The summed E-state index contributed by atoms with van der Waals surface area (Å²) in [6.45, 7) is 7.59. The van der Waals surface area contributed by atoms with Crippen molar-refractivity contribution in [3.8, 4) is 0 Å². The van der Waals surface area contributed by atoms with Crippen LogP contribution in [0, 0.1) is 13.8 Å². The summed E-state index contributed by atoms with van der Waals surface area (Å²) >= 11 is 0. The van der Waals surface area contributed by atoms with Gasteiger partial charge in [-0.2, -0.15) is 0 Å². The summed E-state index contributed by atoms with van der Waals surface area (Å²) in [6, 6.07) is 20.2. The smallest absolute Gasteiger partial charge is 0.210 e. The number of benzene rings is 2. The molecule has 6 nitrogen and oxygen atoms in total. The second-order valence-electron chi connectivity index (χ2n) is 9.11. The van der Waals surface area contributed by atoms with Crippen LogP contribution in [0.15, 0.2) is 101 Å². The molecule has 2 aromatic carbocycles. The van der Waals surface area contributed by atoms with Crippen LogP contribution in [0.1, 0.15) is 62.6 Å². The van der Waals surface area contributed by atoms with Crippen molar-refractivity contribution in [2.45, 2.75) is 85.8 Å². The molecule has 4 aromatic rings. The van der Waals surface area contributed by atoms with Gasteiger partial charge in [0.2, 0.25) is 19.7 Å². The second kappa shape index (κ2) is 13.1. The monoisotopic (exact) mass is 556 g/mol. The lowest BCUT2D eigenvalue weighted by atomic mass is 10.2. The van der Waals surface area contributed by atoms with Crippen LogP contribution in [0.25, 0.3) is 0 Å². The van der Waals surface area contributed by atoms with E-state index in [1.807, 2.05) is 0 Å². The molecular formula is C30H36O6S2. The largest absolute Gasteiger partial charge is 0.465 e. The van der Waals surface area contributed by atoms with Crippen molar-refractivity contribution in [2.75, 3.05) is 0 Å². The predicted molar refractivity (Wildman–Crippen MR) is 148 cm³/mol. The van der Waals surface area contributed by atoms with Crippen molar-refractivity contribution < 1.29 is 25.7 Å². The van der Waals surface area contributed by atoms with Crippen molar-refractivity contribution in [3.05, 3.63) is 95.8 Å². The van der Waals surface area contributed by atoms with Gasteiger partial charge in [-0.25, -0.2) is 16.8 Å². The summed E-state index contributed by atoms with van der Waals surface area (Å²) in [5.41, 5.74) is 0. The van der Waals surface area contributed by atoms with Crippen molar-refractivity contribution in [2.24, 2.45) is 0 Å². The average molecular weight is 557 g/mol. The number of unbranched alkanes of at least 4 members (excludes halogenated alkanes) is 2. The zero-order valence-electron chi connectivity index (χ0n) is 22.4. The summed E-state index contributed by atoms with van der Waals surface area (Å²) in [4.78, 5) is 1.18. The summed E-state index contributed by atoms with van der Waals surface area (Å²) in [7, 11) is -6.94. The molecule has 0 fully saturated rings. The molecule has 2 aromatic heterocycles. The highest BCUT2D eigenvalue weighted by atomic mass is 32.2. The standard InChI is InChI=1S/2C15H18O3S/c2*1-3-4-8-13-11-15(12(2)18-13)19(16,17)14-9-6-5-7-10-14/h2*5-7,9-11H,3-4,8H2,1-2H3. The van der Waals surface area contributed by atoms with Gasteiger partial charge < -0.3 is 8.83 Å². The Hall–Kier alpha value is -3.10. The summed E-state index contributed by atoms with van der Waals surface area (Å²) < 4.78 is 61.0. The highest BCUT2D eigenvalue weighted by Crippen LogP contribution is 2.28. The normalized spacial score (nSPS) is 11.7. The Balaban J connectivity index is 0.000000211. The van der Waals surface area contributed by atoms with Crippen LogP contribution in [0.2, 0.25) is 0 Å². The second-order valence-corrected chi connectivity index (χ2v) is 12.9. The predicted octanol–water partition coefficient (Wildman–Crippen LogP) is 7.53. The van der Waals surface area contributed by atoms with Crippen molar-refractivity contribution in [1.29, 1.82) is 0 Å². The Morgan fingerprint density at radius 3 is 1.24 bits per heavy atom. The summed E-state index contributed by atoms with van der Waals surface area (Å²) in [5.74, 6) is 2.42. The van der Waals surface area contributed by atoms with E-state index in [-0.39, 0.29) is 9.79 Å². The van der Waals surface area contributed by atoms with Crippen molar-refractivity contribution in [3.63, 3.8) is 0 Å². The van der Waals surface area contributed by atoms with Gasteiger partial charge in [0.1, 0.15) is 32.8 Å². The van der Waals surface area contributed by atoms with Crippen LogP contribution in [0.5, 0.6) is 0 Å². The highest BCUT2D eigenvalue weighted by molar-refractivity contribution is 7.91. The first-order valence-electron chi connectivity index (χ1n) is 12.9. The molecule has 0 unspecified atom stereocenters. The zero-order valence-corrected chi connectivity index (χ0v) is 24.1. The quantitative estimate of drug-likeness (QED) is 0.200. The number of hydrogen-bond donors (Lipinski definition) is 0. The first-order valence-corrected chi connectivity index (χ1v) is 15.9. The third-order valence-electron chi connectivity index (χ3n) is 6.09. The molecule has 2 heterocycles. The minimum Gasteiger partial charge on any atom is -0.465 e. The Bertz CT molecular complexity index is 1400. The summed E-state index contributed by atoms with van der Waals surface area (Å²) in [5, 5.41) is 0. The van der Waals surface area contributed by atoms with E-state index in [4.69, 9.17) is 8.83 Å². The number of aryl methyl sites for hydroxylation is 4. The molecular weight excluding hydrogens is 520 g/mol. The molecule has 204 valence electrons. The first-order chi connectivity index (χ1) is 18.1. The van der Waals surface area contributed by atoms with Gasteiger partial charge in [-0.3, -0.25) is 0 Å². The average Bonchev–Trinajstić information content (AvgIpc) is 3.50. The van der Waals surface area contributed by atoms with E-state index in [0.717, 1.165) is 50.0 Å². The minimum absolute atomic E-state index is 0.282. The lowest BCUT2D eigenvalue weighted by Crippen LogP contribution is -2.01. The fourth-order valence-electron chi connectivity index (χ4n) is 3.98. The molecule has 0 amide bonds. The van der Waals surface area contributed by atoms with Crippen LogP contribution in [-0.2, 0) is 32.5 Å². The van der Waals surface area contributed by atoms with E-state index in [2.05, 4.69) is 13.8 Å². The Morgan fingerprint density at radius 2 is 0.921 bits per heavy atom. The Kier molecular flexibility index (Phi) is 10.2. The fraction of sp³-hybridized carbons (Fsp3) is 0.333. The van der Waals surface area contributed by atoms with Gasteiger partial charge in [-0.15, -0.1) is 0 Å². The van der Waals surface area contributed by atoms with E-state index in [9.17, 15) is 16.8 Å². The van der Waals surface area contributed by atoms with E-state index in [0.29, 0.717) is 21.3 Å². The lowest BCUT2D eigenvalue weighted by Gasteiger charge is -2.01. The third-order valence-corrected chi connectivity index (χ3v) is 9.84. The van der Waals surface area contributed by atoms with Crippen LogP contribution in [-0.4, -0.2) is 16.8 Å². The molecule has 0 radical (unpaired) electrons. The van der Waals surface area contributed by atoms with Gasteiger partial charge >= 0.3 is 0 Å². The number of furan rings is 2.